The average Bonchev–Trinajstić information content (AvgIpc) is 1.68. The van der Waals surface area contributed by atoms with Crippen molar-refractivity contribution in [2.75, 3.05) is 78.0 Å². The van der Waals surface area contributed by atoms with E-state index in [0.717, 1.165) is 49.2 Å². The van der Waals surface area contributed by atoms with Crippen molar-refractivity contribution in [2.24, 2.45) is 0 Å². The van der Waals surface area contributed by atoms with Gasteiger partial charge in [0.25, 0.3) is 11.8 Å². The molecule has 10 amide bonds. The molecule has 0 spiro atoms. The first kappa shape index (κ1) is 88.9. The molecule has 0 aliphatic carbocycles. The predicted octanol–water partition coefficient (Wildman–Crippen LogP) is 20.4. The van der Waals surface area contributed by atoms with E-state index in [4.69, 9.17) is 37.9 Å². The second-order valence-corrected chi connectivity index (χ2v) is 28.2. The number of ether oxygens (including phenoxy) is 8. The molecule has 8 heterocycles. The Morgan fingerprint density at radius 3 is 0.954 bits per heavy atom. The fourth-order valence-corrected chi connectivity index (χ4v) is 12.9. The Morgan fingerprint density at radius 2 is 0.611 bits per heavy atom. The number of nitrogens with one attached hydrogen (secondary N) is 10. The number of pyridine rings is 7. The van der Waals surface area contributed by atoms with Crippen LogP contribution < -0.4 is 91.1 Å². The molecule has 654 valence electrons. The van der Waals surface area contributed by atoms with Gasteiger partial charge in [-0.25, -0.2) is 39.1 Å². The maximum atomic E-state index is 12.6. The van der Waals surface area contributed by atoms with Crippen LogP contribution in [0.5, 0.6) is 69.5 Å². The van der Waals surface area contributed by atoms with Gasteiger partial charge >= 0.3 is 24.1 Å². The number of Topliss-reactive ketones (excluding diaryl/α,β-unsaturated/α-hetero) is 2. The molecular weight excluding hydrogens is 1670 g/mol. The van der Waals surface area contributed by atoms with E-state index in [0.29, 0.717) is 138 Å². The third-order valence-electron chi connectivity index (χ3n) is 19.1. The van der Waals surface area contributed by atoms with Crippen LogP contribution >= 0.6 is 0 Å². The molecule has 17 rings (SSSR count). The molecule has 0 radical (unpaired) electrons. The number of hydrogen-bond donors (Lipinski definition) is 10. The molecule has 0 unspecified atom stereocenters. The smallest absolute Gasteiger partial charge is 0.323 e. The SMILES string of the molecule is C=C1NC(=O)c2ccc(Oc3ccc(NC(=O)Nc4cc5ccccc5nc4OC)cc3)cc21.CNC(=O)c1cc(Oc2cccc(NC(=O)Nc3cc4ccccc4nc3OC)c2)ccn1.COc1nc2ccccc2cc1NC(=O)Nc1ccc(Oc2ccnc(C(C)=O)c2)cc1.COc1nc2ccccc2cc1NC(=O)Nc1cccc(Oc2ccnc(C(C)=O)c2)c1. The molecule has 10 N–H and O–H groups in total. The molecule has 0 saturated carbocycles. The monoisotopic (exact) mass is 1750 g/mol. The Hall–Kier alpha value is -18.4. The number of hydrogen-bond acceptors (Lipinski definition) is 23. The fourth-order valence-electron chi connectivity index (χ4n) is 12.9. The van der Waals surface area contributed by atoms with Gasteiger partial charge in [0.15, 0.2) is 11.6 Å². The van der Waals surface area contributed by atoms with Crippen LogP contribution in [-0.4, -0.2) is 118 Å². The lowest BCUT2D eigenvalue weighted by molar-refractivity contribution is 0.0954. The van der Waals surface area contributed by atoms with Crippen molar-refractivity contribution < 1.29 is 76.3 Å². The van der Waals surface area contributed by atoms with Crippen molar-refractivity contribution in [1.29, 1.82) is 0 Å². The standard InChI is InChI=1S/C26H20N4O4.C24H21N5O4.2C24H20N4O4/c1-15-21-14-19(11-12-20(21)24(31)27-15)34-18-9-7-17(8-10-18)28-26(32)30-23-13-16-5-3-4-6-22(16)29-25(23)33-2;1-25-22(30)20-14-18(10-11-26-20)33-17-8-5-7-16(13-17)27-24(31)29-21-12-15-6-3-4-9-19(15)28-23(21)32-2;1-15(29)21-14-19(10-11-25-21)32-18-8-5-7-17(13-18)26-24(30)28-22-12-16-6-3-4-9-20(16)27-23(22)31-2;1-15(29)21-14-19(11-12-25-21)32-18-9-7-17(8-10-18)26-24(30)28-22-13-16-5-3-4-6-20(16)27-23(22)31-2/h3-14H,1H2,2H3,(H,27,31)(H2,28,30,32);3-14H,1-2H3,(H,25,30)(H2,27,29,31);2*3-14H,1-2H3,(H2,26,28,30). The molecule has 7 aromatic heterocycles. The van der Waals surface area contributed by atoms with Gasteiger partial charge in [0.2, 0.25) is 23.5 Å². The maximum absolute atomic E-state index is 12.6. The summed E-state index contributed by atoms with van der Waals surface area (Å²) in [5.41, 5.74) is 9.80. The zero-order chi connectivity index (χ0) is 91.9. The van der Waals surface area contributed by atoms with E-state index in [1.54, 1.807) is 158 Å². The van der Waals surface area contributed by atoms with Crippen LogP contribution in [0.1, 0.15) is 61.2 Å². The second kappa shape index (κ2) is 41.8. The minimum Gasteiger partial charge on any atom is -0.479 e. The van der Waals surface area contributed by atoms with E-state index in [1.165, 1.54) is 74.0 Å². The zero-order valence-corrected chi connectivity index (χ0v) is 71.1. The number of rotatable bonds is 23. The van der Waals surface area contributed by atoms with Gasteiger partial charge in [0.05, 0.1) is 50.5 Å². The minimum atomic E-state index is -0.464. The molecule has 0 atom stereocenters. The Kier molecular flexibility index (Phi) is 28.4. The number of methoxy groups -OCH3 is 4. The van der Waals surface area contributed by atoms with E-state index < -0.39 is 24.1 Å². The number of carbonyl (C=O) groups excluding carboxylic acids is 8. The van der Waals surface area contributed by atoms with Gasteiger partial charge in [-0.2, -0.15) is 0 Å². The molecule has 33 heteroatoms. The molecule has 131 heavy (non-hydrogen) atoms. The highest BCUT2D eigenvalue weighted by Gasteiger charge is 2.24. The maximum Gasteiger partial charge on any atom is 0.323 e. The van der Waals surface area contributed by atoms with Crippen LogP contribution in [-0.2, 0) is 0 Å². The van der Waals surface area contributed by atoms with Crippen molar-refractivity contribution in [2.45, 2.75) is 13.8 Å². The highest BCUT2D eigenvalue weighted by Crippen LogP contribution is 2.36. The topological polar surface area (TPSA) is 421 Å². The lowest BCUT2D eigenvalue weighted by Crippen LogP contribution is -2.20. The van der Waals surface area contributed by atoms with Gasteiger partial charge in [-0.1, -0.05) is 91.5 Å². The summed E-state index contributed by atoms with van der Waals surface area (Å²) in [6, 6.07) is 78.0. The number of amides is 10. The van der Waals surface area contributed by atoms with E-state index in [-0.39, 0.29) is 29.1 Å². The van der Waals surface area contributed by atoms with Gasteiger partial charge in [0, 0.05) is 131 Å². The Balaban J connectivity index is 0.000000141. The third kappa shape index (κ3) is 23.5. The van der Waals surface area contributed by atoms with Crippen molar-refractivity contribution in [3.05, 3.63) is 326 Å². The molecule has 1 aliphatic rings. The molecular formula is C98H81N17O16. The summed E-state index contributed by atoms with van der Waals surface area (Å²) in [6.45, 7) is 6.73. The second-order valence-electron chi connectivity index (χ2n) is 28.2. The van der Waals surface area contributed by atoms with Gasteiger partial charge in [-0.3, -0.25) is 34.1 Å². The van der Waals surface area contributed by atoms with Crippen LogP contribution in [0.3, 0.4) is 0 Å². The van der Waals surface area contributed by atoms with Gasteiger partial charge in [-0.05, 0) is 158 Å². The zero-order valence-electron chi connectivity index (χ0n) is 71.1. The largest absolute Gasteiger partial charge is 0.479 e. The number of benzene rings is 9. The molecule has 0 saturated heterocycles. The Morgan fingerprint density at radius 1 is 0.305 bits per heavy atom. The normalized spacial score (nSPS) is 10.9. The molecule has 1 aliphatic heterocycles. The summed E-state index contributed by atoms with van der Waals surface area (Å²) in [5, 5.41) is 30.9. The van der Waals surface area contributed by atoms with Gasteiger partial charge < -0.3 is 91.1 Å². The Labute approximate surface area is 748 Å². The molecule has 16 aromatic rings. The highest BCUT2D eigenvalue weighted by atomic mass is 16.5. The first-order chi connectivity index (χ1) is 63.6. The van der Waals surface area contributed by atoms with E-state index >= 15 is 0 Å². The number of para-hydroxylation sites is 4. The Bertz CT molecular complexity index is 7030. The van der Waals surface area contributed by atoms with Crippen LogP contribution in [0.4, 0.5) is 64.7 Å². The van der Waals surface area contributed by atoms with Crippen molar-refractivity contribution >= 4 is 142 Å². The quantitative estimate of drug-likeness (QED) is 0.0266. The predicted molar refractivity (Wildman–Crippen MR) is 499 cm³/mol. The van der Waals surface area contributed by atoms with Crippen LogP contribution in [0.2, 0.25) is 0 Å². The minimum absolute atomic E-state index is 0.140. The number of ketones is 2. The lowest BCUT2D eigenvalue weighted by Gasteiger charge is -2.12. The summed E-state index contributed by atoms with van der Waals surface area (Å²) >= 11 is 0. The number of urea groups is 4. The summed E-state index contributed by atoms with van der Waals surface area (Å²) < 4.78 is 44.5. The first-order valence-corrected chi connectivity index (χ1v) is 40.0. The van der Waals surface area contributed by atoms with Crippen LogP contribution in [0.15, 0.2) is 298 Å². The summed E-state index contributed by atoms with van der Waals surface area (Å²) in [7, 11) is 7.53. The summed E-state index contributed by atoms with van der Waals surface area (Å²) in [4.78, 5) is 126. The van der Waals surface area contributed by atoms with Crippen LogP contribution in [0, 0.1) is 0 Å². The first-order valence-electron chi connectivity index (χ1n) is 40.0. The number of aromatic nitrogens is 7. The van der Waals surface area contributed by atoms with Crippen molar-refractivity contribution in [3.8, 4) is 69.5 Å². The molecule has 0 bridgehead atoms. The van der Waals surface area contributed by atoms with E-state index in [1.807, 2.05) is 109 Å². The van der Waals surface area contributed by atoms with Gasteiger partial charge in [-0.15, -0.1) is 0 Å². The van der Waals surface area contributed by atoms with E-state index in [2.05, 4.69) is 94.6 Å². The fraction of sp³-hybridized carbons (Fsp3) is 0.0714. The van der Waals surface area contributed by atoms with E-state index in [9.17, 15) is 38.4 Å². The number of nitrogens with zero attached hydrogens (tertiary/aromatic N) is 7. The summed E-state index contributed by atoms with van der Waals surface area (Å²) in [5.74, 6) is 4.59. The number of anilines is 8. The average molecular weight is 1750 g/mol. The summed E-state index contributed by atoms with van der Waals surface area (Å²) in [6.07, 6.45) is 4.51. The highest BCUT2D eigenvalue weighted by molar-refractivity contribution is 6.10. The number of carbonyl (C=O) groups is 8. The third-order valence-corrected chi connectivity index (χ3v) is 19.1. The molecule has 33 nitrogen and oxygen atoms in total. The molecule has 0 fully saturated rings. The molecule has 9 aromatic carbocycles. The van der Waals surface area contributed by atoms with Crippen molar-refractivity contribution in [1.82, 2.24) is 45.5 Å². The van der Waals surface area contributed by atoms with Crippen LogP contribution in [0.25, 0.3) is 49.3 Å². The van der Waals surface area contributed by atoms with Gasteiger partial charge in [0.1, 0.15) is 85.8 Å². The lowest BCUT2D eigenvalue weighted by atomic mass is 10.1. The van der Waals surface area contributed by atoms with Crippen molar-refractivity contribution in [3.63, 3.8) is 0 Å². The number of fused-ring (bicyclic) bond motifs is 5.